The maximum Gasteiger partial charge on any atom is 0.358 e. The molecule has 0 aliphatic carbocycles. The minimum absolute atomic E-state index is 0.0912. The Bertz CT molecular complexity index is 724. The summed E-state index contributed by atoms with van der Waals surface area (Å²) in [5, 5.41) is 24.5. The van der Waals surface area contributed by atoms with Gasteiger partial charge in [0.2, 0.25) is 0 Å². The number of nitrogens with zero attached hydrogens (tertiary/aromatic N) is 2. The quantitative estimate of drug-likeness (QED) is 0.523. The fourth-order valence-corrected chi connectivity index (χ4v) is 1.87. The molecule has 0 spiro atoms. The molecule has 7 nitrogen and oxygen atoms in total. The summed E-state index contributed by atoms with van der Waals surface area (Å²) in [6.45, 7) is 0. The number of nitro groups is 1. The predicted octanol–water partition coefficient (Wildman–Crippen LogP) is 2.18. The number of hydrogen-bond acceptors (Lipinski definition) is 5. The minimum Gasteiger partial charge on any atom is -0.476 e. The third kappa shape index (κ3) is 2.41. The average Bonchev–Trinajstić information content (AvgIpc) is 2.43. The van der Waals surface area contributed by atoms with Crippen LogP contribution in [0.25, 0.3) is 10.8 Å². The molecule has 7 heteroatoms. The number of nitro benzene ring substituents is 1. The lowest BCUT2D eigenvalue weighted by Gasteiger charge is -2.04. The number of non-ortho nitro benzene ring substituents is 1. The van der Waals surface area contributed by atoms with E-state index in [4.69, 9.17) is 5.11 Å². The average molecular weight is 274 g/mol. The standard InChI is InChI=1S/C13H10N2O5/c1-20-14-12(13(16)17)9-6-5-8-3-2-4-11(15(18)19)10(8)7-9/h2-7H,1H3,(H,16,17). The van der Waals surface area contributed by atoms with E-state index in [1.807, 2.05) is 0 Å². The highest BCUT2D eigenvalue weighted by Crippen LogP contribution is 2.26. The fraction of sp³-hybridized carbons (Fsp3) is 0.0769. The molecule has 0 radical (unpaired) electrons. The van der Waals surface area contributed by atoms with E-state index in [0.717, 1.165) is 0 Å². The third-order valence-electron chi connectivity index (χ3n) is 2.71. The lowest BCUT2D eigenvalue weighted by Crippen LogP contribution is -2.14. The number of carboxylic acids is 1. The summed E-state index contributed by atoms with van der Waals surface area (Å²) in [6.07, 6.45) is 0. The van der Waals surface area contributed by atoms with Gasteiger partial charge in [-0.2, -0.15) is 0 Å². The summed E-state index contributed by atoms with van der Waals surface area (Å²) in [7, 11) is 1.23. The molecule has 0 unspecified atom stereocenters. The second kappa shape index (κ2) is 5.35. The summed E-state index contributed by atoms with van der Waals surface area (Å²) in [6, 6.07) is 9.19. The molecule has 2 rings (SSSR count). The van der Waals surface area contributed by atoms with Crippen LogP contribution in [0.5, 0.6) is 0 Å². The number of carbonyl (C=O) groups is 1. The lowest BCUT2D eigenvalue weighted by atomic mass is 10.0. The van der Waals surface area contributed by atoms with Gasteiger partial charge < -0.3 is 9.94 Å². The molecule has 0 fully saturated rings. The van der Waals surface area contributed by atoms with E-state index in [-0.39, 0.29) is 17.0 Å². The molecule has 2 aromatic rings. The van der Waals surface area contributed by atoms with Gasteiger partial charge in [0.1, 0.15) is 7.11 Å². The number of oxime groups is 1. The molecule has 0 aliphatic heterocycles. The summed E-state index contributed by atoms with van der Waals surface area (Å²) < 4.78 is 0. The molecule has 0 saturated heterocycles. The summed E-state index contributed by atoms with van der Waals surface area (Å²) in [5.41, 5.74) is -0.166. The monoisotopic (exact) mass is 274 g/mol. The van der Waals surface area contributed by atoms with Gasteiger partial charge in [0, 0.05) is 11.6 Å². The number of fused-ring (bicyclic) bond motifs is 1. The van der Waals surface area contributed by atoms with Crippen molar-refractivity contribution < 1.29 is 19.7 Å². The van der Waals surface area contributed by atoms with Gasteiger partial charge in [0.25, 0.3) is 5.69 Å². The van der Waals surface area contributed by atoms with Gasteiger partial charge in [-0.1, -0.05) is 29.4 Å². The second-order valence-electron chi connectivity index (χ2n) is 3.90. The molecule has 2 aromatic carbocycles. The first-order valence-electron chi connectivity index (χ1n) is 5.56. The van der Waals surface area contributed by atoms with Crippen LogP contribution in [0.4, 0.5) is 5.69 Å². The molecule has 0 saturated carbocycles. The first kappa shape index (κ1) is 13.5. The van der Waals surface area contributed by atoms with Crippen molar-refractivity contribution in [2.45, 2.75) is 0 Å². The Morgan fingerprint density at radius 2 is 2.10 bits per heavy atom. The first-order valence-corrected chi connectivity index (χ1v) is 5.56. The summed E-state index contributed by atoms with van der Waals surface area (Å²) in [5.74, 6) is -1.27. The van der Waals surface area contributed by atoms with Crippen LogP contribution in [0.2, 0.25) is 0 Å². The van der Waals surface area contributed by atoms with Crippen molar-refractivity contribution in [1.29, 1.82) is 0 Å². The number of carboxylic acid groups (broad SMARTS) is 1. The van der Waals surface area contributed by atoms with Gasteiger partial charge >= 0.3 is 5.97 Å². The molecule has 102 valence electrons. The molecule has 0 bridgehead atoms. The van der Waals surface area contributed by atoms with Gasteiger partial charge in [-0.3, -0.25) is 10.1 Å². The molecule has 0 heterocycles. The zero-order valence-corrected chi connectivity index (χ0v) is 10.4. The Morgan fingerprint density at radius 1 is 1.35 bits per heavy atom. The first-order chi connectivity index (χ1) is 9.54. The maximum atomic E-state index is 11.1. The van der Waals surface area contributed by atoms with E-state index < -0.39 is 10.9 Å². The van der Waals surface area contributed by atoms with Crippen LogP contribution < -0.4 is 0 Å². The van der Waals surface area contributed by atoms with Crippen molar-refractivity contribution in [3.63, 3.8) is 0 Å². The molecular weight excluding hydrogens is 264 g/mol. The Kier molecular flexibility index (Phi) is 3.60. The number of hydrogen-bond donors (Lipinski definition) is 1. The van der Waals surface area contributed by atoms with Gasteiger partial charge in [-0.25, -0.2) is 4.79 Å². The van der Waals surface area contributed by atoms with Gasteiger partial charge in [0.05, 0.1) is 10.3 Å². The van der Waals surface area contributed by atoms with E-state index in [1.165, 1.54) is 25.3 Å². The minimum atomic E-state index is -1.27. The van der Waals surface area contributed by atoms with Crippen molar-refractivity contribution in [2.24, 2.45) is 5.16 Å². The summed E-state index contributed by atoms with van der Waals surface area (Å²) in [4.78, 5) is 26.1. The van der Waals surface area contributed by atoms with Gasteiger partial charge in [-0.15, -0.1) is 0 Å². The fourth-order valence-electron chi connectivity index (χ4n) is 1.87. The number of aliphatic carboxylic acids is 1. The SMILES string of the molecule is CON=C(C(=O)O)c1ccc2cccc([N+](=O)[O-])c2c1. The van der Waals surface area contributed by atoms with Gasteiger partial charge in [0.15, 0.2) is 5.71 Å². The van der Waals surface area contributed by atoms with Crippen LogP contribution in [0.1, 0.15) is 5.56 Å². The Morgan fingerprint density at radius 3 is 2.70 bits per heavy atom. The highest BCUT2D eigenvalue weighted by Gasteiger charge is 2.17. The molecule has 1 N–H and O–H groups in total. The van der Waals surface area contributed by atoms with Crippen LogP contribution in [-0.4, -0.2) is 28.8 Å². The largest absolute Gasteiger partial charge is 0.476 e. The van der Waals surface area contributed by atoms with Crippen LogP contribution in [0, 0.1) is 10.1 Å². The second-order valence-corrected chi connectivity index (χ2v) is 3.90. The highest BCUT2D eigenvalue weighted by atomic mass is 16.6. The molecule has 0 atom stereocenters. The van der Waals surface area contributed by atoms with Crippen molar-refractivity contribution in [3.8, 4) is 0 Å². The van der Waals surface area contributed by atoms with E-state index in [9.17, 15) is 14.9 Å². The van der Waals surface area contributed by atoms with E-state index in [2.05, 4.69) is 9.99 Å². The normalized spacial score (nSPS) is 11.3. The van der Waals surface area contributed by atoms with Crippen LogP contribution in [0.3, 0.4) is 0 Å². The van der Waals surface area contributed by atoms with Crippen LogP contribution in [0.15, 0.2) is 41.6 Å². The van der Waals surface area contributed by atoms with E-state index >= 15 is 0 Å². The molecule has 0 aliphatic rings. The molecule has 0 amide bonds. The summed E-state index contributed by atoms with van der Waals surface area (Å²) >= 11 is 0. The van der Waals surface area contributed by atoms with Gasteiger partial charge in [-0.05, 0) is 11.5 Å². The smallest absolute Gasteiger partial charge is 0.358 e. The Labute approximate surface area is 113 Å². The molecular formula is C13H10N2O5. The Hall–Kier alpha value is -2.96. The maximum absolute atomic E-state index is 11.1. The Balaban J connectivity index is 2.69. The number of benzene rings is 2. The number of rotatable bonds is 4. The van der Waals surface area contributed by atoms with E-state index in [0.29, 0.717) is 10.8 Å². The van der Waals surface area contributed by atoms with E-state index in [1.54, 1.807) is 18.2 Å². The third-order valence-corrected chi connectivity index (χ3v) is 2.71. The van der Waals surface area contributed by atoms with Crippen molar-refractivity contribution >= 4 is 28.1 Å². The highest BCUT2D eigenvalue weighted by molar-refractivity contribution is 6.42. The molecule has 0 aromatic heterocycles. The zero-order chi connectivity index (χ0) is 14.7. The van der Waals surface area contributed by atoms with Crippen LogP contribution >= 0.6 is 0 Å². The van der Waals surface area contributed by atoms with Crippen LogP contribution in [-0.2, 0) is 9.63 Å². The zero-order valence-electron chi connectivity index (χ0n) is 10.4. The predicted molar refractivity (Wildman–Crippen MR) is 71.8 cm³/mol. The molecule has 20 heavy (non-hydrogen) atoms. The van der Waals surface area contributed by atoms with Crippen molar-refractivity contribution in [3.05, 3.63) is 52.1 Å². The van der Waals surface area contributed by atoms with Crippen molar-refractivity contribution in [2.75, 3.05) is 7.11 Å². The lowest BCUT2D eigenvalue weighted by molar-refractivity contribution is -0.383. The topological polar surface area (TPSA) is 102 Å². The van der Waals surface area contributed by atoms with Crippen molar-refractivity contribution in [1.82, 2.24) is 0 Å².